The van der Waals surface area contributed by atoms with Crippen LogP contribution in [0.1, 0.15) is 70.6 Å². The first-order valence-electron chi connectivity index (χ1n) is 13.1. The smallest absolute Gasteiger partial charge is 0.325 e. The van der Waals surface area contributed by atoms with Crippen LogP contribution in [0.25, 0.3) is 0 Å². The highest BCUT2D eigenvalue weighted by Gasteiger charge is 2.03. The Hall–Kier alpha value is -3.02. The number of carbonyl (C=O) groups excluding carboxylic acids is 2. The normalized spacial score (nSPS) is 10.5. The number of hydrogen-bond donors (Lipinski definition) is 2. The lowest BCUT2D eigenvalue weighted by Crippen LogP contribution is -2.17. The van der Waals surface area contributed by atoms with E-state index in [2.05, 4.69) is 10.6 Å². The zero-order chi connectivity index (χ0) is 24.8. The lowest BCUT2D eigenvalue weighted by atomic mass is 10.1. The van der Waals surface area contributed by atoms with Gasteiger partial charge < -0.3 is 20.1 Å². The molecule has 0 fully saturated rings. The molecule has 0 aliphatic rings. The third-order valence-corrected chi connectivity index (χ3v) is 5.74. The Kier molecular flexibility index (Phi) is 15.6. The summed E-state index contributed by atoms with van der Waals surface area (Å²) >= 11 is 0. The lowest BCUT2D eigenvalue weighted by Gasteiger charge is -2.07. The van der Waals surface area contributed by atoms with Crippen LogP contribution in [0.4, 0.5) is 11.4 Å². The minimum absolute atomic E-state index is 0.202. The zero-order valence-corrected chi connectivity index (χ0v) is 21.0. The van der Waals surface area contributed by atoms with Gasteiger partial charge in [0.1, 0.15) is 13.1 Å². The molecular weight excluding hydrogens is 440 g/mol. The van der Waals surface area contributed by atoms with Gasteiger partial charge in [-0.1, -0.05) is 94.2 Å². The van der Waals surface area contributed by atoms with Crippen molar-refractivity contribution in [2.75, 3.05) is 36.9 Å². The summed E-state index contributed by atoms with van der Waals surface area (Å²) in [7, 11) is 0. The van der Waals surface area contributed by atoms with Crippen molar-refractivity contribution in [3.63, 3.8) is 0 Å². The summed E-state index contributed by atoms with van der Waals surface area (Å²) in [5.74, 6) is -0.404. The average Bonchev–Trinajstić information content (AvgIpc) is 2.89. The van der Waals surface area contributed by atoms with Gasteiger partial charge in [-0.25, -0.2) is 0 Å². The van der Waals surface area contributed by atoms with E-state index in [1.807, 2.05) is 60.7 Å². The molecule has 0 aliphatic carbocycles. The van der Waals surface area contributed by atoms with Gasteiger partial charge in [-0.15, -0.1) is 0 Å². The van der Waals surface area contributed by atoms with E-state index in [4.69, 9.17) is 9.47 Å². The molecule has 0 saturated heterocycles. The Morgan fingerprint density at radius 1 is 0.486 bits per heavy atom. The summed E-state index contributed by atoms with van der Waals surface area (Å²) in [5, 5.41) is 6.12. The van der Waals surface area contributed by atoms with Crippen molar-refractivity contribution in [1.82, 2.24) is 0 Å². The first kappa shape index (κ1) is 28.2. The van der Waals surface area contributed by atoms with Crippen molar-refractivity contribution in [3.05, 3.63) is 60.7 Å². The van der Waals surface area contributed by atoms with Gasteiger partial charge in [-0.2, -0.15) is 0 Å². The minimum atomic E-state index is -0.202. The standard InChI is InChI=1S/C29H42N2O4/c32-28(24-30-26-18-12-10-13-19-26)34-22-16-8-6-4-2-1-3-5-7-9-17-23-35-29(33)25-31-27-20-14-11-15-21-27/h10-15,18-21,30-31H,1-9,16-17,22-25H2. The molecule has 0 bridgehead atoms. The van der Waals surface area contributed by atoms with Gasteiger partial charge in [0.2, 0.25) is 0 Å². The second-order valence-corrected chi connectivity index (χ2v) is 8.77. The maximum atomic E-state index is 11.7. The SMILES string of the molecule is O=C(CNc1ccccc1)OCCCCCCCCCCCCCOC(=O)CNc1ccccc1. The summed E-state index contributed by atoms with van der Waals surface area (Å²) in [6.07, 6.45) is 12.8. The van der Waals surface area contributed by atoms with Crippen LogP contribution in [0.2, 0.25) is 0 Å². The highest BCUT2D eigenvalue weighted by Crippen LogP contribution is 2.12. The minimum Gasteiger partial charge on any atom is -0.464 e. The molecule has 2 aromatic rings. The number of para-hydroxylation sites is 2. The Labute approximate surface area is 210 Å². The van der Waals surface area contributed by atoms with E-state index in [1.165, 1.54) is 44.9 Å². The van der Waals surface area contributed by atoms with E-state index in [9.17, 15) is 9.59 Å². The molecule has 0 aliphatic heterocycles. The topological polar surface area (TPSA) is 76.7 Å². The van der Waals surface area contributed by atoms with Gasteiger partial charge in [-0.05, 0) is 37.1 Å². The summed E-state index contributed by atoms with van der Waals surface area (Å²) in [4.78, 5) is 23.5. The maximum Gasteiger partial charge on any atom is 0.325 e. The highest BCUT2D eigenvalue weighted by atomic mass is 16.5. The number of esters is 2. The van der Waals surface area contributed by atoms with Crippen LogP contribution < -0.4 is 10.6 Å². The number of unbranched alkanes of at least 4 members (excludes halogenated alkanes) is 10. The molecule has 2 aromatic carbocycles. The average molecular weight is 483 g/mol. The molecule has 35 heavy (non-hydrogen) atoms. The molecule has 6 nitrogen and oxygen atoms in total. The number of rotatable bonds is 20. The molecule has 0 saturated carbocycles. The largest absolute Gasteiger partial charge is 0.464 e. The molecule has 6 heteroatoms. The molecule has 0 atom stereocenters. The van der Waals surface area contributed by atoms with Crippen LogP contribution in [-0.2, 0) is 19.1 Å². The quantitative estimate of drug-likeness (QED) is 0.164. The Morgan fingerprint density at radius 2 is 0.800 bits per heavy atom. The first-order valence-corrected chi connectivity index (χ1v) is 13.1. The summed E-state index contributed by atoms with van der Waals surface area (Å²) < 4.78 is 10.6. The zero-order valence-electron chi connectivity index (χ0n) is 21.0. The number of hydrogen-bond acceptors (Lipinski definition) is 6. The number of anilines is 2. The molecular formula is C29H42N2O4. The fourth-order valence-corrected chi connectivity index (χ4v) is 3.73. The van der Waals surface area contributed by atoms with Crippen molar-refractivity contribution in [1.29, 1.82) is 0 Å². The molecule has 2 rings (SSSR count). The lowest BCUT2D eigenvalue weighted by molar-refractivity contribution is -0.142. The summed E-state index contributed by atoms with van der Waals surface area (Å²) in [6, 6.07) is 19.3. The maximum absolute atomic E-state index is 11.7. The first-order chi connectivity index (χ1) is 17.2. The number of nitrogens with one attached hydrogen (secondary N) is 2. The van der Waals surface area contributed by atoms with Crippen molar-refractivity contribution in [2.45, 2.75) is 70.6 Å². The van der Waals surface area contributed by atoms with Gasteiger partial charge in [0.25, 0.3) is 0 Å². The van der Waals surface area contributed by atoms with Crippen molar-refractivity contribution < 1.29 is 19.1 Å². The molecule has 0 amide bonds. The van der Waals surface area contributed by atoms with E-state index in [0.717, 1.165) is 37.1 Å². The van der Waals surface area contributed by atoms with Gasteiger partial charge >= 0.3 is 11.9 Å². The van der Waals surface area contributed by atoms with Gasteiger partial charge in [-0.3, -0.25) is 9.59 Å². The van der Waals surface area contributed by atoms with E-state index < -0.39 is 0 Å². The fraction of sp³-hybridized carbons (Fsp3) is 0.517. The van der Waals surface area contributed by atoms with Crippen LogP contribution in [0.3, 0.4) is 0 Å². The number of ether oxygens (including phenoxy) is 2. The molecule has 2 N–H and O–H groups in total. The third-order valence-electron chi connectivity index (χ3n) is 5.74. The molecule has 0 heterocycles. The molecule has 0 aromatic heterocycles. The van der Waals surface area contributed by atoms with Gasteiger partial charge in [0, 0.05) is 11.4 Å². The highest BCUT2D eigenvalue weighted by molar-refractivity contribution is 5.75. The summed E-state index contributed by atoms with van der Waals surface area (Å²) in [5.41, 5.74) is 1.86. The Balaban J connectivity index is 1.26. The molecule has 0 unspecified atom stereocenters. The third kappa shape index (κ3) is 15.5. The monoisotopic (exact) mass is 482 g/mol. The van der Waals surface area contributed by atoms with Crippen LogP contribution in [0.5, 0.6) is 0 Å². The van der Waals surface area contributed by atoms with E-state index in [-0.39, 0.29) is 25.0 Å². The van der Waals surface area contributed by atoms with Crippen molar-refractivity contribution in [3.8, 4) is 0 Å². The van der Waals surface area contributed by atoms with Crippen molar-refractivity contribution in [2.24, 2.45) is 0 Å². The number of carbonyl (C=O) groups is 2. The number of benzene rings is 2. The van der Waals surface area contributed by atoms with Crippen LogP contribution in [0.15, 0.2) is 60.7 Å². The van der Waals surface area contributed by atoms with E-state index in [1.54, 1.807) is 0 Å². The van der Waals surface area contributed by atoms with Crippen LogP contribution in [-0.4, -0.2) is 38.2 Å². The molecule has 0 radical (unpaired) electrons. The second kappa shape index (κ2) is 19.3. The Morgan fingerprint density at radius 3 is 1.14 bits per heavy atom. The summed E-state index contributed by atoms with van der Waals surface area (Å²) in [6.45, 7) is 1.44. The van der Waals surface area contributed by atoms with Crippen LogP contribution in [0, 0.1) is 0 Å². The van der Waals surface area contributed by atoms with Gasteiger partial charge in [0.05, 0.1) is 13.2 Å². The second-order valence-electron chi connectivity index (χ2n) is 8.77. The fourth-order valence-electron chi connectivity index (χ4n) is 3.73. The van der Waals surface area contributed by atoms with E-state index in [0.29, 0.717) is 13.2 Å². The molecule has 192 valence electrons. The van der Waals surface area contributed by atoms with E-state index >= 15 is 0 Å². The molecule has 0 spiro atoms. The predicted molar refractivity (Wildman–Crippen MR) is 143 cm³/mol. The van der Waals surface area contributed by atoms with Gasteiger partial charge in [0.15, 0.2) is 0 Å². The van der Waals surface area contributed by atoms with Crippen molar-refractivity contribution >= 4 is 23.3 Å². The van der Waals surface area contributed by atoms with Crippen LogP contribution >= 0.6 is 0 Å². The Bertz CT molecular complexity index is 731. The predicted octanol–water partition coefficient (Wildman–Crippen LogP) is 6.59.